The molecule has 0 aromatic carbocycles. The van der Waals surface area contributed by atoms with Crippen LogP contribution in [-0.4, -0.2) is 56.3 Å². The van der Waals surface area contributed by atoms with Crippen molar-refractivity contribution < 1.29 is 4.74 Å². The maximum absolute atomic E-state index is 5.93. The molecule has 2 fully saturated rings. The Labute approximate surface area is 133 Å². The van der Waals surface area contributed by atoms with Gasteiger partial charge in [-0.05, 0) is 19.9 Å². The average Bonchev–Trinajstić information content (AvgIpc) is 2.38. The van der Waals surface area contributed by atoms with E-state index in [-0.39, 0.29) is 30.1 Å². The number of guanidine groups is 1. The molecule has 0 bridgehead atoms. The minimum absolute atomic E-state index is 0. The van der Waals surface area contributed by atoms with Crippen molar-refractivity contribution in [3.05, 3.63) is 0 Å². The summed E-state index contributed by atoms with van der Waals surface area (Å²) in [6, 6.07) is 0.525. The van der Waals surface area contributed by atoms with Crippen molar-refractivity contribution in [2.45, 2.75) is 44.2 Å². The van der Waals surface area contributed by atoms with E-state index < -0.39 is 0 Å². The predicted octanol–water partition coefficient (Wildman–Crippen LogP) is 1.17. The summed E-state index contributed by atoms with van der Waals surface area (Å²) >= 11 is 0. The molecule has 2 rings (SSSR count). The summed E-state index contributed by atoms with van der Waals surface area (Å²) in [6.45, 7) is 3.42. The number of nitrogens with one attached hydrogen (secondary N) is 1. The molecule has 1 aliphatic carbocycles. The van der Waals surface area contributed by atoms with Crippen LogP contribution in [0.15, 0.2) is 4.99 Å². The highest BCUT2D eigenvalue weighted by Crippen LogP contribution is 2.17. The van der Waals surface area contributed by atoms with E-state index in [0.29, 0.717) is 18.5 Å². The Morgan fingerprint density at radius 1 is 1.37 bits per heavy atom. The molecule has 1 unspecified atom stereocenters. The number of hydrogen-bond donors (Lipinski definition) is 2. The van der Waals surface area contributed by atoms with E-state index in [1.807, 2.05) is 0 Å². The summed E-state index contributed by atoms with van der Waals surface area (Å²) in [6.07, 6.45) is 6.61. The van der Waals surface area contributed by atoms with Crippen LogP contribution in [0.25, 0.3) is 0 Å². The molecule has 1 aliphatic heterocycles. The molecular formula is C13H27IN4O. The third-order valence-corrected chi connectivity index (χ3v) is 3.76. The number of morpholine rings is 1. The van der Waals surface area contributed by atoms with E-state index in [0.717, 1.165) is 19.7 Å². The van der Waals surface area contributed by atoms with Crippen molar-refractivity contribution >= 4 is 29.9 Å². The van der Waals surface area contributed by atoms with Gasteiger partial charge in [0.15, 0.2) is 5.96 Å². The lowest BCUT2D eigenvalue weighted by Gasteiger charge is -2.29. The van der Waals surface area contributed by atoms with Crippen LogP contribution < -0.4 is 11.1 Å². The fourth-order valence-corrected chi connectivity index (χ4v) is 2.68. The van der Waals surface area contributed by atoms with E-state index in [1.54, 1.807) is 0 Å². The van der Waals surface area contributed by atoms with Gasteiger partial charge in [-0.1, -0.05) is 19.3 Å². The molecular weight excluding hydrogens is 355 g/mol. The second kappa shape index (κ2) is 8.97. The Hall–Kier alpha value is -0.0800. The Kier molecular flexibility index (Phi) is 8.01. The average molecular weight is 382 g/mol. The van der Waals surface area contributed by atoms with Gasteiger partial charge in [-0.25, -0.2) is 0 Å². The van der Waals surface area contributed by atoms with Gasteiger partial charge in [-0.2, -0.15) is 0 Å². The lowest BCUT2D eigenvalue weighted by atomic mass is 9.96. The normalized spacial score (nSPS) is 26.8. The molecule has 1 saturated carbocycles. The molecule has 0 aromatic heterocycles. The Morgan fingerprint density at radius 2 is 2.11 bits per heavy atom. The number of likely N-dealkylation sites (N-methyl/N-ethyl adjacent to an activating group) is 1. The molecule has 1 atom stereocenters. The standard InChI is InChI=1S/C13H26N4O.HI/c1-17-7-8-18-12(10-17)9-15-13(14)16-11-5-3-2-4-6-11;/h11-12H,2-10H2,1H3,(H3,14,15,16);1H. The molecule has 3 N–H and O–H groups in total. The number of rotatable bonds is 3. The van der Waals surface area contributed by atoms with Gasteiger partial charge in [0.05, 0.1) is 19.3 Å². The molecule has 5 nitrogen and oxygen atoms in total. The molecule has 2 aliphatic rings. The van der Waals surface area contributed by atoms with Gasteiger partial charge in [0.2, 0.25) is 0 Å². The quantitative estimate of drug-likeness (QED) is 0.437. The first kappa shape index (κ1) is 17.0. The van der Waals surface area contributed by atoms with Gasteiger partial charge in [0, 0.05) is 19.1 Å². The van der Waals surface area contributed by atoms with Gasteiger partial charge in [-0.15, -0.1) is 24.0 Å². The molecule has 0 aromatic rings. The third kappa shape index (κ3) is 6.27. The molecule has 1 heterocycles. The predicted molar refractivity (Wildman–Crippen MR) is 89.2 cm³/mol. The van der Waals surface area contributed by atoms with Crippen LogP contribution in [0.4, 0.5) is 0 Å². The molecule has 0 spiro atoms. The first-order valence-corrected chi connectivity index (χ1v) is 7.10. The van der Waals surface area contributed by atoms with Crippen molar-refractivity contribution in [2.24, 2.45) is 10.7 Å². The monoisotopic (exact) mass is 382 g/mol. The Balaban J connectivity index is 0.00000180. The van der Waals surface area contributed by atoms with Crippen LogP contribution in [0.2, 0.25) is 0 Å². The minimum atomic E-state index is 0. The first-order valence-electron chi connectivity index (χ1n) is 7.10. The van der Waals surface area contributed by atoms with Crippen LogP contribution >= 0.6 is 24.0 Å². The molecule has 19 heavy (non-hydrogen) atoms. The summed E-state index contributed by atoms with van der Waals surface area (Å²) in [5, 5.41) is 3.33. The van der Waals surface area contributed by atoms with E-state index in [9.17, 15) is 0 Å². The zero-order valence-electron chi connectivity index (χ0n) is 11.8. The van der Waals surface area contributed by atoms with E-state index in [4.69, 9.17) is 10.5 Å². The van der Waals surface area contributed by atoms with Gasteiger partial charge in [0.1, 0.15) is 0 Å². The lowest BCUT2D eigenvalue weighted by molar-refractivity contribution is -0.0136. The van der Waals surface area contributed by atoms with E-state index in [2.05, 4.69) is 22.3 Å². The summed E-state index contributed by atoms with van der Waals surface area (Å²) in [7, 11) is 2.11. The van der Waals surface area contributed by atoms with Crippen LogP contribution in [0.1, 0.15) is 32.1 Å². The van der Waals surface area contributed by atoms with Crippen molar-refractivity contribution in [2.75, 3.05) is 33.3 Å². The van der Waals surface area contributed by atoms with Crippen molar-refractivity contribution in [1.29, 1.82) is 0 Å². The highest BCUT2D eigenvalue weighted by molar-refractivity contribution is 14.0. The summed E-state index contributed by atoms with van der Waals surface area (Å²) in [5.41, 5.74) is 5.93. The minimum Gasteiger partial charge on any atom is -0.374 e. The maximum atomic E-state index is 5.93. The van der Waals surface area contributed by atoms with E-state index >= 15 is 0 Å². The Morgan fingerprint density at radius 3 is 2.79 bits per heavy atom. The molecule has 6 heteroatoms. The van der Waals surface area contributed by atoms with Crippen LogP contribution in [-0.2, 0) is 4.74 Å². The van der Waals surface area contributed by atoms with E-state index in [1.165, 1.54) is 32.1 Å². The van der Waals surface area contributed by atoms with Crippen molar-refractivity contribution in [1.82, 2.24) is 10.2 Å². The smallest absolute Gasteiger partial charge is 0.188 e. The van der Waals surface area contributed by atoms with Gasteiger partial charge >= 0.3 is 0 Å². The van der Waals surface area contributed by atoms with Crippen LogP contribution in [0.3, 0.4) is 0 Å². The number of hydrogen-bond acceptors (Lipinski definition) is 3. The van der Waals surface area contributed by atoms with Crippen LogP contribution in [0, 0.1) is 0 Å². The highest BCUT2D eigenvalue weighted by atomic mass is 127. The second-order valence-corrected chi connectivity index (χ2v) is 5.46. The zero-order chi connectivity index (χ0) is 12.8. The SMILES string of the molecule is CN1CCOC(CN=C(N)NC2CCCCC2)C1.I. The van der Waals surface area contributed by atoms with Crippen molar-refractivity contribution in [3.8, 4) is 0 Å². The molecule has 112 valence electrons. The fourth-order valence-electron chi connectivity index (χ4n) is 2.68. The Bertz CT molecular complexity index is 282. The highest BCUT2D eigenvalue weighted by Gasteiger charge is 2.17. The number of nitrogens with zero attached hydrogens (tertiary/aromatic N) is 2. The lowest BCUT2D eigenvalue weighted by Crippen LogP contribution is -2.44. The number of halogens is 1. The number of ether oxygens (including phenoxy) is 1. The summed E-state index contributed by atoms with van der Waals surface area (Å²) in [5.74, 6) is 0.582. The van der Waals surface area contributed by atoms with Crippen LogP contribution in [0.5, 0.6) is 0 Å². The zero-order valence-corrected chi connectivity index (χ0v) is 14.1. The topological polar surface area (TPSA) is 62.9 Å². The summed E-state index contributed by atoms with van der Waals surface area (Å²) in [4.78, 5) is 6.68. The maximum Gasteiger partial charge on any atom is 0.188 e. The largest absolute Gasteiger partial charge is 0.374 e. The van der Waals surface area contributed by atoms with Gasteiger partial charge in [-0.3, -0.25) is 4.99 Å². The van der Waals surface area contributed by atoms with Crippen molar-refractivity contribution in [3.63, 3.8) is 0 Å². The number of nitrogens with two attached hydrogens (primary N) is 1. The third-order valence-electron chi connectivity index (χ3n) is 3.76. The van der Waals surface area contributed by atoms with Gasteiger partial charge < -0.3 is 20.7 Å². The molecule has 0 radical (unpaired) electrons. The number of aliphatic imine (C=N–C) groups is 1. The van der Waals surface area contributed by atoms with Gasteiger partial charge in [0.25, 0.3) is 0 Å². The fraction of sp³-hybridized carbons (Fsp3) is 0.923. The molecule has 1 saturated heterocycles. The summed E-state index contributed by atoms with van der Waals surface area (Å²) < 4.78 is 5.66. The first-order chi connectivity index (χ1) is 8.74. The molecule has 0 amide bonds. The second-order valence-electron chi connectivity index (χ2n) is 5.46.